The molecule has 0 aromatic heterocycles. The normalized spacial score (nSPS) is 35.4. The zero-order valence-corrected chi connectivity index (χ0v) is 11.4. The second-order valence-electron chi connectivity index (χ2n) is 5.50. The van der Waals surface area contributed by atoms with Crippen LogP contribution in [0.1, 0.15) is 33.6 Å². The lowest BCUT2D eigenvalue weighted by Gasteiger charge is -2.36. The molecule has 2 saturated heterocycles. The molecule has 4 heteroatoms. The molecule has 1 atom stereocenters. The maximum atomic E-state index is 5.63. The maximum Gasteiger partial charge on any atom is 0.162 e. The predicted octanol–water partition coefficient (Wildman–Crippen LogP) is 2.01. The van der Waals surface area contributed by atoms with Crippen molar-refractivity contribution in [3.8, 4) is 0 Å². The molecule has 2 aliphatic heterocycles. The molecular weight excluding hydrogens is 222 g/mol. The van der Waals surface area contributed by atoms with E-state index in [1.165, 1.54) is 18.6 Å². The average Bonchev–Trinajstić information content (AvgIpc) is 2.64. The van der Waals surface area contributed by atoms with Crippen LogP contribution < -0.4 is 5.32 Å². The van der Waals surface area contributed by atoms with Crippen LogP contribution in [0.3, 0.4) is 0 Å². The van der Waals surface area contributed by atoms with Crippen LogP contribution in [0.25, 0.3) is 0 Å². The molecule has 0 amide bonds. The number of thioether (sulfide) groups is 1. The Kier molecular flexibility index (Phi) is 3.84. The molecule has 0 spiro atoms. The van der Waals surface area contributed by atoms with Crippen molar-refractivity contribution in [1.82, 2.24) is 5.32 Å². The van der Waals surface area contributed by atoms with E-state index in [1.807, 2.05) is 13.8 Å². The Morgan fingerprint density at radius 1 is 1.25 bits per heavy atom. The van der Waals surface area contributed by atoms with Gasteiger partial charge in [0.25, 0.3) is 0 Å². The van der Waals surface area contributed by atoms with E-state index in [2.05, 4.69) is 24.0 Å². The number of ether oxygens (including phenoxy) is 2. The van der Waals surface area contributed by atoms with Crippen molar-refractivity contribution >= 4 is 11.8 Å². The predicted molar refractivity (Wildman–Crippen MR) is 67.9 cm³/mol. The number of hydrogen-bond acceptors (Lipinski definition) is 4. The van der Waals surface area contributed by atoms with E-state index in [1.54, 1.807) is 0 Å². The molecule has 3 nitrogen and oxygen atoms in total. The molecule has 0 radical (unpaired) electrons. The third-order valence-corrected chi connectivity index (χ3v) is 4.87. The standard InChI is InChI=1S/C12H23NO2S/c1-11(2)14-7-10(8-15-11)13-9-12(3)5-4-6-16-12/h10,13H,4-9H2,1-3H3. The molecular formula is C12H23NO2S. The van der Waals surface area contributed by atoms with E-state index in [0.29, 0.717) is 10.8 Å². The van der Waals surface area contributed by atoms with Crippen LogP contribution in [-0.2, 0) is 9.47 Å². The van der Waals surface area contributed by atoms with Gasteiger partial charge in [-0.1, -0.05) is 0 Å². The first-order valence-electron chi connectivity index (χ1n) is 6.14. The summed E-state index contributed by atoms with van der Waals surface area (Å²) in [7, 11) is 0. The van der Waals surface area contributed by atoms with Gasteiger partial charge < -0.3 is 14.8 Å². The van der Waals surface area contributed by atoms with E-state index < -0.39 is 5.79 Å². The molecule has 0 saturated carbocycles. The zero-order valence-electron chi connectivity index (χ0n) is 10.5. The van der Waals surface area contributed by atoms with Crippen LogP contribution >= 0.6 is 11.8 Å². The highest BCUT2D eigenvalue weighted by Gasteiger charge is 2.32. The fourth-order valence-corrected chi connectivity index (χ4v) is 3.40. The van der Waals surface area contributed by atoms with Crippen molar-refractivity contribution in [2.75, 3.05) is 25.5 Å². The third-order valence-electron chi connectivity index (χ3n) is 3.33. The van der Waals surface area contributed by atoms with Crippen molar-refractivity contribution in [3.63, 3.8) is 0 Å². The van der Waals surface area contributed by atoms with E-state index in [0.717, 1.165) is 19.8 Å². The zero-order chi connectivity index (χ0) is 11.6. The van der Waals surface area contributed by atoms with Gasteiger partial charge >= 0.3 is 0 Å². The minimum Gasteiger partial charge on any atom is -0.349 e. The topological polar surface area (TPSA) is 30.5 Å². The van der Waals surface area contributed by atoms with Gasteiger partial charge in [-0.25, -0.2) is 0 Å². The molecule has 94 valence electrons. The van der Waals surface area contributed by atoms with Crippen LogP contribution in [0, 0.1) is 0 Å². The molecule has 1 N–H and O–H groups in total. The Labute approximate surface area is 103 Å². The summed E-state index contributed by atoms with van der Waals surface area (Å²) >= 11 is 2.09. The van der Waals surface area contributed by atoms with Gasteiger partial charge in [-0.15, -0.1) is 0 Å². The quantitative estimate of drug-likeness (QED) is 0.824. The summed E-state index contributed by atoms with van der Waals surface area (Å²) in [6, 6.07) is 0.353. The lowest BCUT2D eigenvalue weighted by molar-refractivity contribution is -0.252. The molecule has 16 heavy (non-hydrogen) atoms. The summed E-state index contributed by atoms with van der Waals surface area (Å²) in [5.41, 5.74) is 0. The smallest absolute Gasteiger partial charge is 0.162 e. The Bertz CT molecular complexity index is 229. The highest BCUT2D eigenvalue weighted by Crippen LogP contribution is 2.37. The fourth-order valence-electron chi connectivity index (χ4n) is 2.15. The van der Waals surface area contributed by atoms with Crippen LogP contribution in [0.15, 0.2) is 0 Å². The lowest BCUT2D eigenvalue weighted by atomic mass is 10.1. The Morgan fingerprint density at radius 2 is 1.94 bits per heavy atom. The van der Waals surface area contributed by atoms with Crippen LogP contribution in [0.5, 0.6) is 0 Å². The first-order chi connectivity index (χ1) is 7.49. The monoisotopic (exact) mass is 245 g/mol. The Balaban J connectivity index is 1.71. The first-order valence-corrected chi connectivity index (χ1v) is 7.13. The van der Waals surface area contributed by atoms with Gasteiger partial charge in [0.1, 0.15) is 0 Å². The summed E-state index contributed by atoms with van der Waals surface area (Å²) in [4.78, 5) is 0. The van der Waals surface area contributed by atoms with E-state index in [9.17, 15) is 0 Å². The molecule has 1 unspecified atom stereocenters. The molecule has 0 bridgehead atoms. The van der Waals surface area contributed by atoms with Gasteiger partial charge in [0, 0.05) is 11.3 Å². The van der Waals surface area contributed by atoms with Gasteiger partial charge in [-0.3, -0.25) is 0 Å². The largest absolute Gasteiger partial charge is 0.349 e. The van der Waals surface area contributed by atoms with Crippen molar-refractivity contribution in [1.29, 1.82) is 0 Å². The summed E-state index contributed by atoms with van der Waals surface area (Å²) in [6.07, 6.45) is 2.68. The number of hydrogen-bond donors (Lipinski definition) is 1. The lowest BCUT2D eigenvalue weighted by Crippen LogP contribution is -2.51. The molecule has 0 aromatic carbocycles. The van der Waals surface area contributed by atoms with Gasteiger partial charge in [0.2, 0.25) is 0 Å². The van der Waals surface area contributed by atoms with Gasteiger partial charge in [0.15, 0.2) is 5.79 Å². The maximum absolute atomic E-state index is 5.63. The van der Waals surface area contributed by atoms with Gasteiger partial charge in [-0.2, -0.15) is 11.8 Å². The summed E-state index contributed by atoms with van der Waals surface area (Å²) in [6.45, 7) is 8.87. The Morgan fingerprint density at radius 3 is 2.50 bits per heavy atom. The van der Waals surface area contributed by atoms with Gasteiger partial charge in [-0.05, 0) is 39.4 Å². The van der Waals surface area contributed by atoms with Crippen molar-refractivity contribution in [3.05, 3.63) is 0 Å². The molecule has 0 aliphatic carbocycles. The minimum absolute atomic E-state index is 0.353. The van der Waals surface area contributed by atoms with Crippen LogP contribution in [-0.4, -0.2) is 42.1 Å². The second kappa shape index (κ2) is 4.84. The van der Waals surface area contributed by atoms with E-state index in [-0.39, 0.29) is 0 Å². The summed E-state index contributed by atoms with van der Waals surface area (Å²) in [5, 5.41) is 3.57. The van der Waals surface area contributed by atoms with E-state index >= 15 is 0 Å². The van der Waals surface area contributed by atoms with Crippen LogP contribution in [0.2, 0.25) is 0 Å². The van der Waals surface area contributed by atoms with E-state index in [4.69, 9.17) is 9.47 Å². The minimum atomic E-state index is -0.399. The molecule has 2 fully saturated rings. The van der Waals surface area contributed by atoms with Gasteiger partial charge in [0.05, 0.1) is 19.3 Å². The molecule has 2 aliphatic rings. The first kappa shape index (κ1) is 12.7. The number of nitrogens with one attached hydrogen (secondary N) is 1. The van der Waals surface area contributed by atoms with Crippen molar-refractivity contribution in [2.45, 2.75) is 50.2 Å². The SMILES string of the molecule is CC1(C)OCC(NCC2(C)CCCS2)CO1. The third kappa shape index (κ3) is 3.36. The summed E-state index contributed by atoms with van der Waals surface area (Å²) < 4.78 is 11.7. The highest BCUT2D eigenvalue weighted by atomic mass is 32.2. The fraction of sp³-hybridized carbons (Fsp3) is 1.00. The second-order valence-corrected chi connectivity index (χ2v) is 7.18. The number of rotatable bonds is 3. The van der Waals surface area contributed by atoms with Crippen molar-refractivity contribution in [2.24, 2.45) is 0 Å². The molecule has 0 aromatic rings. The molecule has 2 rings (SSSR count). The molecule has 2 heterocycles. The Hall–Kier alpha value is 0.230. The highest BCUT2D eigenvalue weighted by molar-refractivity contribution is 8.00. The van der Waals surface area contributed by atoms with Crippen molar-refractivity contribution < 1.29 is 9.47 Å². The van der Waals surface area contributed by atoms with Crippen LogP contribution in [0.4, 0.5) is 0 Å². The average molecular weight is 245 g/mol. The summed E-state index contributed by atoms with van der Waals surface area (Å²) in [5.74, 6) is 0.910.